The molecule has 5 aromatic carbocycles. The zero-order chi connectivity index (χ0) is 40.2. The van der Waals surface area contributed by atoms with Gasteiger partial charge in [-0.2, -0.15) is 0 Å². The Kier molecular flexibility index (Phi) is 11.5. The van der Waals surface area contributed by atoms with E-state index < -0.39 is 12.1 Å². The molecule has 0 aliphatic carbocycles. The number of carbonyl (C=O) groups excluding carboxylic acids is 3. The zero-order valence-electron chi connectivity index (χ0n) is 33.3. The molecule has 2 atom stereocenters. The van der Waals surface area contributed by atoms with Gasteiger partial charge in [-0.05, 0) is 78.0 Å². The maximum absolute atomic E-state index is 13.8. The smallest absolute Gasteiger partial charge is 0.407 e. The summed E-state index contributed by atoms with van der Waals surface area (Å²) in [6.45, 7) is 9.32. The fourth-order valence-corrected chi connectivity index (χ4v) is 7.50. The highest BCUT2D eigenvalue weighted by Crippen LogP contribution is 2.33. The van der Waals surface area contributed by atoms with Crippen LogP contribution in [0.15, 0.2) is 91.0 Å². The molecule has 7 aromatic rings. The average molecular weight is 767 g/mol. The van der Waals surface area contributed by atoms with Crippen molar-refractivity contribution in [2.75, 3.05) is 27.2 Å². The number of alkyl carbamates (subject to hydrolysis) is 1. The summed E-state index contributed by atoms with van der Waals surface area (Å²) in [6.07, 6.45) is 0.189. The predicted molar refractivity (Wildman–Crippen MR) is 225 cm³/mol. The minimum Gasteiger partial charge on any atom is -0.453 e. The van der Waals surface area contributed by atoms with Crippen LogP contribution in [-0.4, -0.2) is 80.9 Å². The van der Waals surface area contributed by atoms with E-state index in [0.29, 0.717) is 18.9 Å². The van der Waals surface area contributed by atoms with Gasteiger partial charge in [0.05, 0.1) is 42.3 Å². The van der Waals surface area contributed by atoms with Gasteiger partial charge in [0.15, 0.2) is 0 Å². The number of nitrogens with one attached hydrogen (secondary N) is 4. The van der Waals surface area contributed by atoms with Gasteiger partial charge in [-0.1, -0.05) is 87.5 Å². The van der Waals surface area contributed by atoms with E-state index in [-0.39, 0.29) is 36.9 Å². The number of amides is 3. The Balaban J connectivity index is 1.13. The number of ether oxygens (including phenoxy) is 1. The Labute approximate surface area is 332 Å². The van der Waals surface area contributed by atoms with Crippen molar-refractivity contribution < 1.29 is 19.1 Å². The van der Waals surface area contributed by atoms with E-state index in [1.165, 1.54) is 7.11 Å². The second-order valence-corrected chi connectivity index (χ2v) is 14.9. The van der Waals surface area contributed by atoms with Gasteiger partial charge in [-0.3, -0.25) is 9.59 Å². The number of methoxy groups -OCH3 is 1. The van der Waals surface area contributed by atoms with Crippen molar-refractivity contribution in [3.05, 3.63) is 108 Å². The maximum Gasteiger partial charge on any atom is 0.407 e. The van der Waals surface area contributed by atoms with E-state index >= 15 is 0 Å². The van der Waals surface area contributed by atoms with Crippen LogP contribution in [0.3, 0.4) is 0 Å². The molecule has 0 saturated heterocycles. The Hall–Kier alpha value is -6.27. The number of hydrogen-bond donors (Lipinski definition) is 4. The molecule has 7 rings (SSSR count). The molecular weight excluding hydrogens is 717 g/mol. The van der Waals surface area contributed by atoms with Crippen molar-refractivity contribution in [2.24, 2.45) is 5.92 Å². The Morgan fingerprint density at radius 2 is 1.35 bits per heavy atom. The van der Waals surface area contributed by atoms with Gasteiger partial charge in [-0.25, -0.2) is 14.8 Å². The van der Waals surface area contributed by atoms with Crippen LogP contribution < -0.4 is 10.6 Å². The lowest BCUT2D eigenvalue weighted by molar-refractivity contribution is -0.134. The molecule has 0 spiro atoms. The molecule has 3 amide bonds. The van der Waals surface area contributed by atoms with E-state index in [2.05, 4.69) is 101 Å². The van der Waals surface area contributed by atoms with E-state index in [9.17, 15) is 14.4 Å². The first kappa shape index (κ1) is 39.0. The molecule has 0 bridgehead atoms. The highest BCUT2D eigenvalue weighted by atomic mass is 16.5. The number of aromatic amines is 2. The number of H-pyrrole nitrogens is 2. The lowest BCUT2D eigenvalue weighted by Gasteiger charge is -2.31. The monoisotopic (exact) mass is 766 g/mol. The minimum atomic E-state index is -0.648. The SMILES string of the molecule is CCCN(Cc1nc2c(ccc3cc(-c4ccc5c(ccc6[nH]c(CN(C(=O)CNC(=O)OC)[C@H](C)C(C)C)nc65)c4)ccc32)[nH]1)C(=O)[C@H](NC)c1ccccc1. The third-order valence-electron chi connectivity index (χ3n) is 10.8. The molecule has 0 saturated carbocycles. The summed E-state index contributed by atoms with van der Waals surface area (Å²) in [5, 5.41) is 9.87. The van der Waals surface area contributed by atoms with Crippen LogP contribution in [-0.2, 0) is 27.4 Å². The molecule has 0 aliphatic rings. The van der Waals surface area contributed by atoms with Crippen LogP contribution in [0, 0.1) is 5.92 Å². The van der Waals surface area contributed by atoms with Gasteiger partial charge in [0.1, 0.15) is 24.2 Å². The first-order valence-electron chi connectivity index (χ1n) is 19.5. The van der Waals surface area contributed by atoms with Gasteiger partial charge in [0.2, 0.25) is 11.8 Å². The van der Waals surface area contributed by atoms with Crippen molar-refractivity contribution in [3.8, 4) is 11.1 Å². The molecule has 12 nitrogen and oxygen atoms in total. The van der Waals surface area contributed by atoms with Crippen LogP contribution in [0.1, 0.15) is 57.4 Å². The second kappa shape index (κ2) is 16.8. The summed E-state index contributed by atoms with van der Waals surface area (Å²) in [4.78, 5) is 59.1. The fraction of sp³-hybridized carbons (Fsp3) is 0.311. The largest absolute Gasteiger partial charge is 0.453 e. The van der Waals surface area contributed by atoms with Gasteiger partial charge in [0.25, 0.3) is 0 Å². The minimum absolute atomic E-state index is 0.0191. The molecule has 294 valence electrons. The lowest BCUT2D eigenvalue weighted by atomic mass is 9.98. The topological polar surface area (TPSA) is 148 Å². The van der Waals surface area contributed by atoms with E-state index in [1.54, 1.807) is 4.90 Å². The maximum atomic E-state index is 13.8. The predicted octanol–water partition coefficient (Wildman–Crippen LogP) is 7.84. The molecule has 0 unspecified atom stereocenters. The van der Waals surface area contributed by atoms with Crippen LogP contribution in [0.2, 0.25) is 0 Å². The van der Waals surface area contributed by atoms with E-state index in [4.69, 9.17) is 9.97 Å². The first-order chi connectivity index (χ1) is 27.6. The normalized spacial score (nSPS) is 12.7. The number of carbonyl (C=O) groups is 3. The van der Waals surface area contributed by atoms with E-state index in [1.807, 2.05) is 55.3 Å². The van der Waals surface area contributed by atoms with Crippen LogP contribution in [0.5, 0.6) is 0 Å². The summed E-state index contributed by atoms with van der Waals surface area (Å²) < 4.78 is 4.65. The first-order valence-corrected chi connectivity index (χ1v) is 19.5. The third kappa shape index (κ3) is 8.17. The Morgan fingerprint density at radius 1 is 0.772 bits per heavy atom. The van der Waals surface area contributed by atoms with Gasteiger partial charge < -0.3 is 35.1 Å². The van der Waals surface area contributed by atoms with Crippen LogP contribution in [0.4, 0.5) is 4.79 Å². The number of rotatable bonds is 14. The summed E-state index contributed by atoms with van der Waals surface area (Å²) in [5.41, 5.74) is 6.62. The molecule has 4 N–H and O–H groups in total. The highest BCUT2D eigenvalue weighted by molar-refractivity contribution is 6.07. The number of likely N-dealkylation sites (N-methyl/N-ethyl adjacent to an activating group) is 1. The van der Waals surface area contributed by atoms with Crippen LogP contribution in [0.25, 0.3) is 54.7 Å². The quantitative estimate of drug-likeness (QED) is 0.0882. The highest BCUT2D eigenvalue weighted by Gasteiger charge is 2.26. The molecule has 0 radical (unpaired) electrons. The van der Waals surface area contributed by atoms with Crippen molar-refractivity contribution >= 4 is 61.5 Å². The number of benzene rings is 5. The van der Waals surface area contributed by atoms with Crippen molar-refractivity contribution in [1.82, 2.24) is 40.4 Å². The number of fused-ring (bicyclic) bond motifs is 6. The molecule has 2 heterocycles. The third-order valence-corrected chi connectivity index (χ3v) is 10.8. The van der Waals surface area contributed by atoms with Crippen LogP contribution >= 0.6 is 0 Å². The van der Waals surface area contributed by atoms with Gasteiger partial charge in [-0.15, -0.1) is 0 Å². The molecule has 2 aromatic heterocycles. The second-order valence-electron chi connectivity index (χ2n) is 14.9. The summed E-state index contributed by atoms with van der Waals surface area (Å²) >= 11 is 0. The summed E-state index contributed by atoms with van der Waals surface area (Å²) in [7, 11) is 3.09. The molecule has 57 heavy (non-hydrogen) atoms. The lowest BCUT2D eigenvalue weighted by Crippen LogP contribution is -2.46. The van der Waals surface area contributed by atoms with Crippen molar-refractivity contribution in [2.45, 2.75) is 59.3 Å². The summed E-state index contributed by atoms with van der Waals surface area (Å²) in [5.74, 6) is 1.42. The Morgan fingerprint density at radius 3 is 1.88 bits per heavy atom. The van der Waals surface area contributed by atoms with Gasteiger partial charge >= 0.3 is 6.09 Å². The molecule has 0 fully saturated rings. The van der Waals surface area contributed by atoms with Crippen molar-refractivity contribution in [3.63, 3.8) is 0 Å². The van der Waals surface area contributed by atoms with Crippen molar-refractivity contribution in [1.29, 1.82) is 0 Å². The van der Waals surface area contributed by atoms with Gasteiger partial charge in [0, 0.05) is 23.4 Å². The fourth-order valence-electron chi connectivity index (χ4n) is 7.50. The zero-order valence-corrected chi connectivity index (χ0v) is 33.3. The standard InChI is InChI=1S/C45H50N8O4/c1-7-21-52(44(55)41(46-5)29-11-9-8-10-12-29)25-38-48-36-19-15-32-22-30(13-17-34(32)42(36)50-38)31-14-18-35-33(23-31)16-20-37-43(35)51-39(49-37)26-53(28(4)27(2)3)40(54)24-47-45(56)57-6/h8-20,22-23,27-28,41,46H,7,21,24-26H2,1-6H3,(H,47,56)(H,48,50)(H,49,51)/t28-,41-/m1/s1. The molecule has 12 heteroatoms. The average Bonchev–Trinajstić information content (AvgIpc) is 3.85. The number of imidazole rings is 2. The number of aromatic nitrogens is 4. The number of hydrogen-bond acceptors (Lipinski definition) is 7. The molecule has 0 aliphatic heterocycles. The van der Waals surface area contributed by atoms with E-state index in [0.717, 1.165) is 72.5 Å². The number of nitrogens with zero attached hydrogens (tertiary/aromatic N) is 4. The molecular formula is C45H50N8O4. The Bertz CT molecular complexity index is 2560. The summed E-state index contributed by atoms with van der Waals surface area (Å²) in [6, 6.07) is 30.4.